The second kappa shape index (κ2) is 7.20. The summed E-state index contributed by atoms with van der Waals surface area (Å²) in [6.45, 7) is 8.04. The first kappa shape index (κ1) is 21.1. The van der Waals surface area contributed by atoms with Crippen molar-refractivity contribution >= 4 is 19.7 Å². The van der Waals surface area contributed by atoms with E-state index < -0.39 is 29.2 Å². The lowest BCUT2D eigenvalue weighted by molar-refractivity contribution is 0.252. The lowest BCUT2D eigenvalue weighted by Crippen LogP contribution is -2.45. The summed E-state index contributed by atoms with van der Waals surface area (Å²) in [5.41, 5.74) is 0.606. The van der Waals surface area contributed by atoms with Gasteiger partial charge >= 0.3 is 0 Å². The van der Waals surface area contributed by atoms with Crippen molar-refractivity contribution in [2.24, 2.45) is 11.3 Å². The summed E-state index contributed by atoms with van der Waals surface area (Å²) in [6.07, 6.45) is 3.99. The van der Waals surface area contributed by atoms with Crippen molar-refractivity contribution in [1.82, 2.24) is 0 Å². The lowest BCUT2D eigenvalue weighted by atomic mass is 9.76. The second-order valence-electron chi connectivity index (χ2n) is 8.56. The number of benzene rings is 2. The second-order valence-corrected chi connectivity index (χ2v) is 13.3. The average molecular weight is 443 g/mol. The Kier molecular flexibility index (Phi) is 5.06. The molecular weight excluding hydrogens is 416 g/mol. The SMILES string of the molecule is C=C[C@H]1CC(S(=O)(=O)c2ccccc2)(S(=O)(=O)c2ccccc2)C[C@]12CCC(=C)C2. The maximum atomic E-state index is 14.0. The van der Waals surface area contributed by atoms with Crippen molar-refractivity contribution in [3.05, 3.63) is 85.5 Å². The van der Waals surface area contributed by atoms with Gasteiger partial charge in [-0.05, 0) is 67.7 Å². The van der Waals surface area contributed by atoms with Gasteiger partial charge in [0.2, 0.25) is 0 Å². The summed E-state index contributed by atoms with van der Waals surface area (Å²) >= 11 is 0. The number of allylic oxidation sites excluding steroid dienone is 2. The van der Waals surface area contributed by atoms with Crippen molar-refractivity contribution in [3.8, 4) is 0 Å². The third kappa shape index (κ3) is 2.92. The van der Waals surface area contributed by atoms with Crippen LogP contribution in [0.4, 0.5) is 0 Å². The molecule has 30 heavy (non-hydrogen) atoms. The topological polar surface area (TPSA) is 68.3 Å². The van der Waals surface area contributed by atoms with Gasteiger partial charge in [-0.1, -0.05) is 54.6 Å². The molecule has 0 bridgehead atoms. The van der Waals surface area contributed by atoms with E-state index in [0.717, 1.165) is 18.4 Å². The normalized spacial score (nSPS) is 26.1. The molecule has 2 atom stereocenters. The number of hydrogen-bond donors (Lipinski definition) is 0. The zero-order valence-corrected chi connectivity index (χ0v) is 18.5. The molecule has 4 nitrogen and oxygen atoms in total. The Morgan fingerprint density at radius 2 is 1.37 bits per heavy atom. The van der Waals surface area contributed by atoms with Gasteiger partial charge in [0.1, 0.15) is 0 Å². The van der Waals surface area contributed by atoms with Crippen LogP contribution in [0.2, 0.25) is 0 Å². The van der Waals surface area contributed by atoms with Crippen LogP contribution < -0.4 is 0 Å². The van der Waals surface area contributed by atoms with Crippen molar-refractivity contribution in [3.63, 3.8) is 0 Å². The first-order valence-corrected chi connectivity index (χ1v) is 13.0. The van der Waals surface area contributed by atoms with Gasteiger partial charge in [0, 0.05) is 0 Å². The highest BCUT2D eigenvalue weighted by molar-refractivity contribution is 8.10. The van der Waals surface area contributed by atoms with Gasteiger partial charge in [0.25, 0.3) is 0 Å². The van der Waals surface area contributed by atoms with Crippen LogP contribution in [-0.2, 0) is 19.7 Å². The maximum absolute atomic E-state index is 14.0. The Balaban J connectivity index is 1.99. The van der Waals surface area contributed by atoms with E-state index in [0.29, 0.717) is 6.42 Å². The molecule has 0 N–H and O–H groups in total. The monoisotopic (exact) mass is 442 g/mol. The van der Waals surface area contributed by atoms with Gasteiger partial charge in [-0.2, -0.15) is 0 Å². The van der Waals surface area contributed by atoms with E-state index in [4.69, 9.17) is 0 Å². The van der Waals surface area contributed by atoms with Crippen LogP contribution in [0.1, 0.15) is 32.1 Å². The molecule has 1 spiro atoms. The summed E-state index contributed by atoms with van der Waals surface area (Å²) in [4.78, 5) is 0.0855. The minimum absolute atomic E-state index is 0.0121. The average Bonchev–Trinajstić information content (AvgIpc) is 3.30. The van der Waals surface area contributed by atoms with Crippen LogP contribution in [0.3, 0.4) is 0 Å². The third-order valence-corrected chi connectivity index (χ3v) is 12.6. The maximum Gasteiger partial charge on any atom is 0.198 e. The molecule has 2 aliphatic carbocycles. The van der Waals surface area contributed by atoms with Crippen molar-refractivity contribution in [2.45, 2.75) is 46.0 Å². The molecular formula is C24H26O4S2. The largest absolute Gasteiger partial charge is 0.222 e. The van der Waals surface area contributed by atoms with Gasteiger partial charge in [-0.25, -0.2) is 16.8 Å². The van der Waals surface area contributed by atoms with E-state index in [1.165, 1.54) is 24.3 Å². The predicted molar refractivity (Wildman–Crippen MR) is 118 cm³/mol. The molecule has 158 valence electrons. The molecule has 2 fully saturated rings. The zero-order chi connectivity index (χ0) is 21.6. The summed E-state index contributed by atoms with van der Waals surface area (Å²) in [7, 11) is -8.39. The van der Waals surface area contributed by atoms with Crippen LogP contribution in [0.15, 0.2) is 95.3 Å². The van der Waals surface area contributed by atoms with Crippen LogP contribution in [-0.4, -0.2) is 20.9 Å². The Labute approximate surface area is 179 Å². The molecule has 2 aromatic carbocycles. The highest BCUT2D eigenvalue weighted by Crippen LogP contribution is 2.64. The Morgan fingerprint density at radius 3 is 1.77 bits per heavy atom. The van der Waals surface area contributed by atoms with Gasteiger partial charge in [-0.15, -0.1) is 6.58 Å². The summed E-state index contributed by atoms with van der Waals surface area (Å²) in [6, 6.07) is 15.9. The molecule has 6 heteroatoms. The van der Waals surface area contributed by atoms with Gasteiger partial charge < -0.3 is 0 Å². The molecule has 0 radical (unpaired) electrons. The van der Waals surface area contributed by atoms with E-state index in [2.05, 4.69) is 13.2 Å². The highest BCUT2D eigenvalue weighted by atomic mass is 32.3. The van der Waals surface area contributed by atoms with E-state index in [-0.39, 0.29) is 28.6 Å². The fraction of sp³-hybridized carbons (Fsp3) is 0.333. The van der Waals surface area contributed by atoms with E-state index in [1.807, 2.05) is 0 Å². The molecule has 0 aliphatic heterocycles. The van der Waals surface area contributed by atoms with Gasteiger partial charge in [0.05, 0.1) is 9.79 Å². The minimum atomic E-state index is -4.20. The van der Waals surface area contributed by atoms with Crippen molar-refractivity contribution < 1.29 is 16.8 Å². The molecule has 4 rings (SSSR count). The van der Waals surface area contributed by atoms with Crippen LogP contribution in [0.25, 0.3) is 0 Å². The van der Waals surface area contributed by atoms with Crippen LogP contribution in [0.5, 0.6) is 0 Å². The van der Waals surface area contributed by atoms with Crippen LogP contribution in [0, 0.1) is 11.3 Å². The number of rotatable bonds is 5. The molecule has 0 aromatic heterocycles. The molecule has 2 aliphatic rings. The minimum Gasteiger partial charge on any atom is -0.222 e. The fourth-order valence-corrected chi connectivity index (χ4v) is 10.8. The van der Waals surface area contributed by atoms with E-state index >= 15 is 0 Å². The summed E-state index contributed by atoms with van der Waals surface area (Å²) in [5.74, 6) is -0.214. The fourth-order valence-electron chi connectivity index (χ4n) is 5.38. The number of sulfone groups is 2. The standard InChI is InChI=1S/C24H26O4S2/c1-3-20-17-24(18-23(20)15-14-19(2)16-23,29(25,26)21-10-6-4-7-11-21)30(27,28)22-12-8-5-9-13-22/h3-13,20H,1-2,14-18H2/t20-,23+/m0/s1. The third-order valence-electron chi connectivity index (χ3n) is 6.89. The van der Waals surface area contributed by atoms with Crippen molar-refractivity contribution in [1.29, 1.82) is 0 Å². The highest BCUT2D eigenvalue weighted by Gasteiger charge is 2.67. The van der Waals surface area contributed by atoms with Gasteiger partial charge in [0.15, 0.2) is 23.8 Å². The predicted octanol–water partition coefficient (Wildman–Crippen LogP) is 4.95. The van der Waals surface area contributed by atoms with Crippen molar-refractivity contribution in [2.75, 3.05) is 0 Å². The molecule has 0 unspecified atom stereocenters. The van der Waals surface area contributed by atoms with Crippen LogP contribution >= 0.6 is 0 Å². The lowest BCUT2D eigenvalue weighted by Gasteiger charge is -2.32. The van der Waals surface area contributed by atoms with E-state index in [9.17, 15) is 16.8 Å². The Bertz CT molecular complexity index is 1110. The summed E-state index contributed by atoms with van der Waals surface area (Å²) < 4.78 is 54.2. The molecule has 0 saturated heterocycles. The Hall–Kier alpha value is -2.18. The first-order valence-electron chi connectivity index (χ1n) is 10.1. The quantitative estimate of drug-likeness (QED) is 0.614. The van der Waals surface area contributed by atoms with Gasteiger partial charge in [-0.3, -0.25) is 0 Å². The smallest absolute Gasteiger partial charge is 0.198 e. The first-order chi connectivity index (χ1) is 14.2. The Morgan fingerprint density at radius 1 is 0.867 bits per heavy atom. The van der Waals surface area contributed by atoms with E-state index in [1.54, 1.807) is 42.5 Å². The molecule has 2 aromatic rings. The molecule has 2 saturated carbocycles. The number of hydrogen-bond acceptors (Lipinski definition) is 4. The molecule has 0 heterocycles. The molecule has 0 amide bonds. The summed E-state index contributed by atoms with van der Waals surface area (Å²) in [5, 5.41) is 0. The zero-order valence-electron chi connectivity index (χ0n) is 16.8.